The first-order valence-corrected chi connectivity index (χ1v) is 10.4. The molecule has 0 bridgehead atoms. The zero-order chi connectivity index (χ0) is 21.2. The van der Waals surface area contributed by atoms with Crippen LogP contribution in [-0.4, -0.2) is 51.8 Å². The van der Waals surface area contributed by atoms with Gasteiger partial charge in [0, 0.05) is 19.7 Å². The van der Waals surface area contributed by atoms with Crippen LogP contribution in [-0.2, 0) is 21.2 Å². The van der Waals surface area contributed by atoms with Gasteiger partial charge in [-0.25, -0.2) is 13.4 Å². The fraction of sp³-hybridized carbons (Fsp3) is 0.250. The second-order valence-corrected chi connectivity index (χ2v) is 8.69. The minimum atomic E-state index is -3.95. The molecule has 0 spiro atoms. The third-order valence-corrected chi connectivity index (χ3v) is 6.56. The molecule has 3 aromatic rings. The summed E-state index contributed by atoms with van der Waals surface area (Å²) >= 11 is 0. The summed E-state index contributed by atoms with van der Waals surface area (Å²) in [6.07, 6.45) is 3.60. The molecule has 9 heteroatoms. The fourth-order valence-electron chi connectivity index (χ4n) is 3.11. The van der Waals surface area contributed by atoms with E-state index in [-0.39, 0.29) is 11.3 Å². The number of H-pyrrole nitrogens is 1. The van der Waals surface area contributed by atoms with Crippen molar-refractivity contribution in [3.05, 3.63) is 66.3 Å². The fourth-order valence-corrected chi connectivity index (χ4v) is 4.44. The first kappa shape index (κ1) is 20.7. The van der Waals surface area contributed by atoms with Gasteiger partial charge in [-0.1, -0.05) is 18.2 Å². The van der Waals surface area contributed by atoms with Gasteiger partial charge < -0.3 is 10.1 Å². The van der Waals surface area contributed by atoms with Gasteiger partial charge in [0.25, 0.3) is 0 Å². The normalized spacial score (nSPS) is 12.9. The number of hydrogen-bond donors (Lipinski definition) is 2. The van der Waals surface area contributed by atoms with Crippen molar-refractivity contribution in [2.75, 3.05) is 7.05 Å². The molecular weight excluding hydrogens is 392 g/mol. The molecule has 0 amide bonds. The summed E-state index contributed by atoms with van der Waals surface area (Å²) in [7, 11) is -2.69. The Morgan fingerprint density at radius 2 is 2.00 bits per heavy atom. The maximum atomic E-state index is 12.8. The van der Waals surface area contributed by atoms with Gasteiger partial charge in [-0.2, -0.15) is 4.31 Å². The summed E-state index contributed by atoms with van der Waals surface area (Å²) < 4.78 is 26.5. The van der Waals surface area contributed by atoms with Crippen molar-refractivity contribution in [1.29, 1.82) is 0 Å². The van der Waals surface area contributed by atoms with Crippen LogP contribution in [0.25, 0.3) is 11.0 Å². The molecule has 0 saturated carbocycles. The molecule has 3 rings (SSSR count). The van der Waals surface area contributed by atoms with Crippen LogP contribution < -0.4 is 0 Å². The standard InChI is InChI=1S/C20H22N4O4S/c1-4-5-18(20(25)26)24(3)29(27,28)15-8-6-14(7-9-15)12-17-19-16(10-11-21-17)22-13(2)23-19/h4,6-11,18H,1,5,12H2,2-3H3,(H,22,23)(H,25,26). The van der Waals surface area contributed by atoms with Crippen LogP contribution in [0, 0.1) is 6.92 Å². The monoisotopic (exact) mass is 414 g/mol. The van der Waals surface area contributed by atoms with Crippen LogP contribution >= 0.6 is 0 Å². The lowest BCUT2D eigenvalue weighted by Crippen LogP contribution is -2.42. The number of hydrogen-bond acceptors (Lipinski definition) is 5. The second-order valence-electron chi connectivity index (χ2n) is 6.70. The van der Waals surface area contributed by atoms with E-state index in [0.29, 0.717) is 6.42 Å². The molecule has 0 aliphatic carbocycles. The number of pyridine rings is 1. The Morgan fingerprint density at radius 3 is 2.62 bits per heavy atom. The Hall–Kier alpha value is -3.04. The Balaban J connectivity index is 1.85. The molecule has 8 nitrogen and oxygen atoms in total. The minimum absolute atomic E-state index is 0.0158. The first-order chi connectivity index (χ1) is 13.7. The van der Waals surface area contributed by atoms with Gasteiger partial charge in [0.15, 0.2) is 0 Å². The van der Waals surface area contributed by atoms with Crippen molar-refractivity contribution in [2.45, 2.75) is 30.7 Å². The highest BCUT2D eigenvalue weighted by Gasteiger charge is 2.31. The number of likely N-dealkylation sites (N-methyl/N-ethyl adjacent to an activating group) is 1. The molecule has 1 atom stereocenters. The van der Waals surface area contributed by atoms with E-state index in [0.717, 1.165) is 32.4 Å². The highest BCUT2D eigenvalue weighted by Crippen LogP contribution is 2.21. The lowest BCUT2D eigenvalue weighted by atomic mass is 10.1. The van der Waals surface area contributed by atoms with Crippen molar-refractivity contribution in [3.8, 4) is 0 Å². The van der Waals surface area contributed by atoms with Gasteiger partial charge in [-0.05, 0) is 37.1 Å². The molecule has 2 heterocycles. The van der Waals surface area contributed by atoms with Crippen LogP contribution in [0.4, 0.5) is 0 Å². The average molecular weight is 414 g/mol. The van der Waals surface area contributed by atoms with Crippen LogP contribution in [0.1, 0.15) is 23.5 Å². The van der Waals surface area contributed by atoms with Gasteiger partial charge in [0.05, 0.1) is 16.1 Å². The minimum Gasteiger partial charge on any atom is -0.480 e. The topological polar surface area (TPSA) is 116 Å². The summed E-state index contributed by atoms with van der Waals surface area (Å²) in [4.78, 5) is 23.5. The quantitative estimate of drug-likeness (QED) is 0.547. The maximum absolute atomic E-state index is 12.8. The zero-order valence-corrected chi connectivity index (χ0v) is 17.0. The summed E-state index contributed by atoms with van der Waals surface area (Å²) in [5, 5.41) is 9.31. The third-order valence-electron chi connectivity index (χ3n) is 4.68. The number of carboxylic acids is 1. The van der Waals surface area contributed by atoms with Crippen LogP contribution in [0.3, 0.4) is 0 Å². The maximum Gasteiger partial charge on any atom is 0.322 e. The van der Waals surface area contributed by atoms with E-state index in [1.807, 2.05) is 13.0 Å². The lowest BCUT2D eigenvalue weighted by Gasteiger charge is -2.23. The summed E-state index contributed by atoms with van der Waals surface area (Å²) in [6.45, 7) is 5.37. The first-order valence-electron chi connectivity index (χ1n) is 8.95. The number of imidazole rings is 1. The summed E-state index contributed by atoms with van der Waals surface area (Å²) in [5.74, 6) is -0.424. The number of benzene rings is 1. The number of carbonyl (C=O) groups is 1. The second kappa shape index (κ2) is 8.14. The van der Waals surface area contributed by atoms with E-state index in [4.69, 9.17) is 0 Å². The van der Waals surface area contributed by atoms with E-state index in [2.05, 4.69) is 21.5 Å². The van der Waals surface area contributed by atoms with Crippen molar-refractivity contribution in [1.82, 2.24) is 19.3 Å². The predicted molar refractivity (Wildman–Crippen MR) is 109 cm³/mol. The lowest BCUT2D eigenvalue weighted by molar-refractivity contribution is -0.141. The molecule has 29 heavy (non-hydrogen) atoms. The number of aromatic nitrogens is 3. The highest BCUT2D eigenvalue weighted by atomic mass is 32.2. The number of aliphatic carboxylic acids is 1. The van der Waals surface area contributed by atoms with E-state index in [1.165, 1.54) is 25.3 Å². The number of rotatable bonds is 8. The van der Waals surface area contributed by atoms with Gasteiger partial charge in [-0.3, -0.25) is 9.78 Å². The van der Waals surface area contributed by atoms with Crippen LogP contribution in [0.15, 0.2) is 54.1 Å². The molecule has 1 aromatic carbocycles. The van der Waals surface area contributed by atoms with E-state index in [9.17, 15) is 18.3 Å². The molecule has 0 aliphatic heterocycles. The number of carboxylic acid groups (broad SMARTS) is 1. The average Bonchev–Trinajstić information content (AvgIpc) is 3.07. The van der Waals surface area contributed by atoms with Gasteiger partial charge >= 0.3 is 5.97 Å². The van der Waals surface area contributed by atoms with Crippen molar-refractivity contribution < 1.29 is 18.3 Å². The number of fused-ring (bicyclic) bond motifs is 1. The molecule has 2 aromatic heterocycles. The summed E-state index contributed by atoms with van der Waals surface area (Å²) in [6, 6.07) is 7.00. The Kier molecular flexibility index (Phi) is 5.81. The highest BCUT2D eigenvalue weighted by molar-refractivity contribution is 7.89. The number of nitrogens with one attached hydrogen (secondary N) is 1. The Bertz CT molecular complexity index is 1150. The predicted octanol–water partition coefficient (Wildman–Crippen LogP) is 2.51. The molecule has 0 aliphatic rings. The molecular formula is C20H22N4O4S. The Labute approximate surface area is 169 Å². The SMILES string of the molecule is C=CCC(C(=O)O)N(C)S(=O)(=O)c1ccc(Cc2nccc3[nH]c(C)nc23)cc1. The van der Waals surface area contributed by atoms with E-state index >= 15 is 0 Å². The summed E-state index contributed by atoms with van der Waals surface area (Å²) in [5.41, 5.74) is 3.34. The van der Waals surface area contributed by atoms with Gasteiger partial charge in [0.2, 0.25) is 10.0 Å². The molecule has 0 fully saturated rings. The largest absolute Gasteiger partial charge is 0.480 e. The molecule has 152 valence electrons. The number of aryl methyl sites for hydroxylation is 1. The Morgan fingerprint density at radius 1 is 1.31 bits per heavy atom. The number of nitrogens with zero attached hydrogens (tertiary/aromatic N) is 3. The van der Waals surface area contributed by atoms with Crippen LogP contribution in [0.5, 0.6) is 0 Å². The van der Waals surface area contributed by atoms with Crippen LogP contribution in [0.2, 0.25) is 0 Å². The van der Waals surface area contributed by atoms with Crippen molar-refractivity contribution >= 4 is 27.0 Å². The van der Waals surface area contributed by atoms with Gasteiger partial charge in [0.1, 0.15) is 17.4 Å². The van der Waals surface area contributed by atoms with E-state index in [1.54, 1.807) is 18.3 Å². The molecule has 0 radical (unpaired) electrons. The molecule has 2 N–H and O–H groups in total. The molecule has 0 saturated heterocycles. The zero-order valence-electron chi connectivity index (χ0n) is 16.2. The third kappa shape index (κ3) is 4.20. The number of aromatic amines is 1. The molecule has 1 unspecified atom stereocenters. The van der Waals surface area contributed by atoms with Gasteiger partial charge in [-0.15, -0.1) is 6.58 Å². The van der Waals surface area contributed by atoms with Crippen molar-refractivity contribution in [2.24, 2.45) is 0 Å². The van der Waals surface area contributed by atoms with E-state index < -0.39 is 22.0 Å². The number of sulfonamides is 1. The smallest absolute Gasteiger partial charge is 0.322 e. The van der Waals surface area contributed by atoms with Crippen molar-refractivity contribution in [3.63, 3.8) is 0 Å².